The van der Waals surface area contributed by atoms with Gasteiger partial charge in [-0.15, -0.1) is 0 Å². The van der Waals surface area contributed by atoms with Gasteiger partial charge in [0.25, 0.3) is 5.91 Å². The Hall–Kier alpha value is -2.53. The van der Waals surface area contributed by atoms with Crippen molar-refractivity contribution in [2.75, 3.05) is 18.5 Å². The van der Waals surface area contributed by atoms with Crippen LogP contribution in [0.15, 0.2) is 48.5 Å². The van der Waals surface area contributed by atoms with Gasteiger partial charge in [-0.2, -0.15) is 0 Å². The summed E-state index contributed by atoms with van der Waals surface area (Å²) in [6.07, 6.45) is 5.16. The lowest BCUT2D eigenvalue weighted by Gasteiger charge is -2.15. The lowest BCUT2D eigenvalue weighted by Crippen LogP contribution is -2.25. The molecule has 0 unspecified atom stereocenters. The number of carbonyl (C=O) groups is 1. The van der Waals surface area contributed by atoms with E-state index in [-0.39, 0.29) is 12.5 Å². The Morgan fingerprint density at radius 3 is 2.56 bits per heavy atom. The van der Waals surface area contributed by atoms with Crippen LogP contribution < -0.4 is 20.1 Å². The Bertz CT molecular complexity index is 728. The fourth-order valence-corrected chi connectivity index (χ4v) is 3.30. The number of amides is 1. The molecule has 0 heterocycles. The zero-order chi connectivity index (χ0) is 18.9. The first-order chi connectivity index (χ1) is 13.2. The van der Waals surface area contributed by atoms with Crippen LogP contribution in [0.4, 0.5) is 5.69 Å². The molecule has 5 nitrogen and oxygen atoms in total. The third kappa shape index (κ3) is 6.00. The molecule has 0 atom stereocenters. The average molecular weight is 368 g/mol. The van der Waals surface area contributed by atoms with E-state index < -0.39 is 0 Å². The van der Waals surface area contributed by atoms with E-state index in [0.29, 0.717) is 24.1 Å². The molecule has 0 radical (unpaired) electrons. The molecule has 3 rings (SSSR count). The van der Waals surface area contributed by atoms with E-state index >= 15 is 0 Å². The van der Waals surface area contributed by atoms with E-state index in [0.717, 1.165) is 17.8 Å². The molecule has 1 fully saturated rings. The number of benzene rings is 2. The molecule has 1 saturated carbocycles. The first kappa shape index (κ1) is 19.2. The second kappa shape index (κ2) is 9.97. The quantitative estimate of drug-likeness (QED) is 0.698. The van der Waals surface area contributed by atoms with E-state index in [4.69, 9.17) is 9.47 Å². The third-order valence-corrected chi connectivity index (χ3v) is 4.67. The van der Waals surface area contributed by atoms with Crippen LogP contribution in [0.2, 0.25) is 0 Å². The highest BCUT2D eigenvalue weighted by Crippen LogP contribution is 2.29. The van der Waals surface area contributed by atoms with E-state index in [1.54, 1.807) is 0 Å². The highest BCUT2D eigenvalue weighted by molar-refractivity contribution is 5.91. The monoisotopic (exact) mass is 368 g/mol. The predicted molar refractivity (Wildman–Crippen MR) is 107 cm³/mol. The largest absolute Gasteiger partial charge is 0.490 e. The highest BCUT2D eigenvalue weighted by atomic mass is 16.5. The fraction of sp³-hybridized carbons (Fsp3) is 0.409. The number of anilines is 1. The molecular weight excluding hydrogens is 340 g/mol. The third-order valence-electron chi connectivity index (χ3n) is 4.67. The van der Waals surface area contributed by atoms with Crippen molar-refractivity contribution in [2.24, 2.45) is 0 Å². The Balaban J connectivity index is 1.55. The summed E-state index contributed by atoms with van der Waals surface area (Å²) in [7, 11) is 0. The molecule has 1 aliphatic carbocycles. The Morgan fingerprint density at radius 1 is 1.04 bits per heavy atom. The fourth-order valence-electron chi connectivity index (χ4n) is 3.30. The van der Waals surface area contributed by atoms with Gasteiger partial charge in [-0.1, -0.05) is 37.1 Å². The first-order valence-electron chi connectivity index (χ1n) is 9.71. The van der Waals surface area contributed by atoms with Crippen LogP contribution in [0.1, 0.15) is 38.2 Å². The normalized spacial score (nSPS) is 14.1. The molecule has 0 bridgehead atoms. The minimum absolute atomic E-state index is 0.0609. The number of rotatable bonds is 9. The molecule has 0 aliphatic heterocycles. The van der Waals surface area contributed by atoms with Gasteiger partial charge >= 0.3 is 0 Å². The second-order valence-corrected chi connectivity index (χ2v) is 6.78. The number of nitrogens with one attached hydrogen (secondary N) is 2. The summed E-state index contributed by atoms with van der Waals surface area (Å²) in [5.74, 6) is 1.07. The molecule has 27 heavy (non-hydrogen) atoms. The summed E-state index contributed by atoms with van der Waals surface area (Å²) in [6, 6.07) is 15.9. The van der Waals surface area contributed by atoms with Crippen molar-refractivity contribution in [1.82, 2.24) is 5.32 Å². The summed E-state index contributed by atoms with van der Waals surface area (Å²) in [5.41, 5.74) is 1.91. The Kier molecular flexibility index (Phi) is 7.11. The molecule has 1 amide bonds. The van der Waals surface area contributed by atoms with Gasteiger partial charge in [-0.3, -0.25) is 4.79 Å². The lowest BCUT2D eigenvalue weighted by atomic mass is 10.1. The maximum Gasteiger partial charge on any atom is 0.262 e. The summed E-state index contributed by atoms with van der Waals surface area (Å²) in [5, 5.41) is 6.42. The number of hydrogen-bond acceptors (Lipinski definition) is 4. The van der Waals surface area contributed by atoms with Crippen LogP contribution in [-0.2, 0) is 11.3 Å². The first-order valence-corrected chi connectivity index (χ1v) is 9.71. The molecule has 0 spiro atoms. The smallest absolute Gasteiger partial charge is 0.262 e. The number of para-hydroxylation sites is 1. The maximum absolute atomic E-state index is 12.1. The molecule has 144 valence electrons. The highest BCUT2D eigenvalue weighted by Gasteiger charge is 2.15. The molecule has 2 N–H and O–H groups in total. The molecule has 0 aromatic heterocycles. The molecule has 5 heteroatoms. The topological polar surface area (TPSA) is 59.6 Å². The zero-order valence-corrected chi connectivity index (χ0v) is 15.9. The zero-order valence-electron chi connectivity index (χ0n) is 15.9. The van der Waals surface area contributed by atoms with E-state index in [1.165, 1.54) is 25.7 Å². The summed E-state index contributed by atoms with van der Waals surface area (Å²) in [6.45, 7) is 3.25. The van der Waals surface area contributed by atoms with Crippen molar-refractivity contribution in [3.63, 3.8) is 0 Å². The van der Waals surface area contributed by atoms with E-state index in [2.05, 4.69) is 10.6 Å². The summed E-state index contributed by atoms with van der Waals surface area (Å²) < 4.78 is 11.4. The lowest BCUT2D eigenvalue weighted by molar-refractivity contribution is -0.118. The second-order valence-electron chi connectivity index (χ2n) is 6.78. The van der Waals surface area contributed by atoms with Gasteiger partial charge in [0.15, 0.2) is 18.1 Å². The standard InChI is InChI=1S/C22H28N2O3/c1-2-26-21-14-17(15-23-18-8-6-7-9-18)12-13-20(21)27-16-22(25)24-19-10-4-3-5-11-19/h3-5,10-14,18,23H,2,6-9,15-16H2,1H3,(H,24,25). The number of ether oxygens (including phenoxy) is 2. The van der Waals surface area contributed by atoms with Crippen LogP contribution in [0.3, 0.4) is 0 Å². The van der Waals surface area contributed by atoms with Gasteiger partial charge in [-0.25, -0.2) is 0 Å². The number of carbonyl (C=O) groups excluding carboxylic acids is 1. The molecule has 1 aliphatic rings. The van der Waals surface area contributed by atoms with Crippen molar-refractivity contribution < 1.29 is 14.3 Å². The summed E-state index contributed by atoms with van der Waals surface area (Å²) >= 11 is 0. The SMILES string of the molecule is CCOc1cc(CNC2CCCC2)ccc1OCC(=O)Nc1ccccc1. The minimum atomic E-state index is -0.198. The van der Waals surface area contributed by atoms with Crippen molar-refractivity contribution in [3.8, 4) is 11.5 Å². The van der Waals surface area contributed by atoms with Crippen molar-refractivity contribution >= 4 is 11.6 Å². The van der Waals surface area contributed by atoms with Gasteiger partial charge < -0.3 is 20.1 Å². The molecule has 2 aromatic rings. The van der Waals surface area contributed by atoms with E-state index in [9.17, 15) is 4.79 Å². The van der Waals surface area contributed by atoms with Crippen molar-refractivity contribution in [3.05, 3.63) is 54.1 Å². The van der Waals surface area contributed by atoms with Gasteiger partial charge in [0, 0.05) is 18.3 Å². The minimum Gasteiger partial charge on any atom is -0.490 e. The van der Waals surface area contributed by atoms with Crippen LogP contribution in [0.25, 0.3) is 0 Å². The van der Waals surface area contributed by atoms with Crippen LogP contribution in [0, 0.1) is 0 Å². The number of hydrogen-bond donors (Lipinski definition) is 2. The van der Waals surface area contributed by atoms with Crippen LogP contribution in [-0.4, -0.2) is 25.2 Å². The Labute approximate surface area is 161 Å². The van der Waals surface area contributed by atoms with Gasteiger partial charge in [-0.05, 0) is 49.6 Å². The van der Waals surface area contributed by atoms with Gasteiger partial charge in [0.05, 0.1) is 6.61 Å². The molecule has 0 saturated heterocycles. The van der Waals surface area contributed by atoms with Crippen molar-refractivity contribution in [2.45, 2.75) is 45.2 Å². The van der Waals surface area contributed by atoms with Crippen molar-refractivity contribution in [1.29, 1.82) is 0 Å². The van der Waals surface area contributed by atoms with Crippen LogP contribution >= 0.6 is 0 Å². The predicted octanol–water partition coefficient (Wildman–Crippen LogP) is 4.14. The van der Waals surface area contributed by atoms with Gasteiger partial charge in [0.1, 0.15) is 0 Å². The average Bonchev–Trinajstić information content (AvgIpc) is 3.20. The Morgan fingerprint density at radius 2 is 1.81 bits per heavy atom. The van der Waals surface area contributed by atoms with Gasteiger partial charge in [0.2, 0.25) is 0 Å². The van der Waals surface area contributed by atoms with Crippen LogP contribution in [0.5, 0.6) is 11.5 Å². The summed E-state index contributed by atoms with van der Waals surface area (Å²) in [4.78, 5) is 12.1. The molecular formula is C22H28N2O3. The van der Waals surface area contributed by atoms with E-state index in [1.807, 2.05) is 55.5 Å². The molecule has 2 aromatic carbocycles. The maximum atomic E-state index is 12.1.